The molecule has 1 heterocycles. The molecule has 6 nitrogen and oxygen atoms in total. The lowest BCUT2D eigenvalue weighted by Crippen LogP contribution is -2.41. The second-order valence-electron chi connectivity index (χ2n) is 5.89. The zero-order valence-corrected chi connectivity index (χ0v) is 14.8. The summed E-state index contributed by atoms with van der Waals surface area (Å²) in [6.45, 7) is 1.29. The first-order valence-corrected chi connectivity index (χ1v) is 8.70. The average Bonchev–Trinajstić information content (AvgIpc) is 3.19. The molecule has 1 saturated heterocycles. The van der Waals surface area contributed by atoms with E-state index in [0.717, 1.165) is 19.4 Å². The molecule has 1 aliphatic heterocycles. The van der Waals surface area contributed by atoms with Crippen LogP contribution in [0.1, 0.15) is 33.6 Å². The van der Waals surface area contributed by atoms with Crippen molar-refractivity contribution in [3.8, 4) is 5.75 Å². The number of nitrogens with one attached hydrogen (secondary N) is 2. The van der Waals surface area contributed by atoms with E-state index in [1.807, 2.05) is 0 Å². The van der Waals surface area contributed by atoms with E-state index >= 15 is 0 Å². The molecule has 0 aliphatic carbocycles. The van der Waals surface area contributed by atoms with Crippen LogP contribution in [-0.4, -0.2) is 31.1 Å². The zero-order valence-electron chi connectivity index (χ0n) is 14.0. The Kier molecular flexibility index (Phi) is 6.09. The number of amides is 2. The fourth-order valence-corrected chi connectivity index (χ4v) is 2.65. The van der Waals surface area contributed by atoms with Crippen LogP contribution in [0.25, 0.3) is 0 Å². The molecule has 7 heteroatoms. The Labute approximate surface area is 156 Å². The van der Waals surface area contributed by atoms with Crippen LogP contribution in [0.3, 0.4) is 0 Å². The second-order valence-corrected chi connectivity index (χ2v) is 6.32. The van der Waals surface area contributed by atoms with Gasteiger partial charge in [-0.2, -0.15) is 0 Å². The van der Waals surface area contributed by atoms with Crippen molar-refractivity contribution in [3.05, 3.63) is 64.7 Å². The summed E-state index contributed by atoms with van der Waals surface area (Å²) in [5.74, 6) is -0.174. The molecule has 0 bridgehead atoms. The zero-order chi connectivity index (χ0) is 18.4. The highest BCUT2D eigenvalue weighted by Crippen LogP contribution is 2.16. The monoisotopic (exact) mass is 374 g/mol. The maximum absolute atomic E-state index is 12.1. The van der Waals surface area contributed by atoms with Gasteiger partial charge in [0.2, 0.25) is 0 Å². The number of hydrazine groups is 1. The summed E-state index contributed by atoms with van der Waals surface area (Å²) in [6, 6.07) is 13.0. The molecule has 136 valence electrons. The highest BCUT2D eigenvalue weighted by Gasteiger charge is 2.16. The molecular weight excluding hydrogens is 356 g/mol. The molecule has 2 N–H and O–H groups in total. The Morgan fingerprint density at radius 2 is 1.58 bits per heavy atom. The number of halogens is 1. The third-order valence-electron chi connectivity index (χ3n) is 3.97. The summed E-state index contributed by atoms with van der Waals surface area (Å²) in [6.07, 6.45) is 2.21. The van der Waals surface area contributed by atoms with E-state index in [2.05, 4.69) is 10.9 Å². The molecule has 2 aromatic carbocycles. The van der Waals surface area contributed by atoms with Crippen molar-refractivity contribution in [2.75, 3.05) is 13.2 Å². The Balaban J connectivity index is 1.48. The van der Waals surface area contributed by atoms with Crippen molar-refractivity contribution in [3.63, 3.8) is 0 Å². The lowest BCUT2D eigenvalue weighted by molar-refractivity contribution is 0.0679. The normalized spacial score (nSPS) is 16.1. The van der Waals surface area contributed by atoms with Crippen molar-refractivity contribution >= 4 is 23.4 Å². The van der Waals surface area contributed by atoms with Crippen molar-refractivity contribution in [2.45, 2.75) is 18.9 Å². The Morgan fingerprint density at radius 1 is 1.00 bits per heavy atom. The average molecular weight is 375 g/mol. The van der Waals surface area contributed by atoms with Crippen molar-refractivity contribution in [2.24, 2.45) is 0 Å². The van der Waals surface area contributed by atoms with Crippen LogP contribution in [0.15, 0.2) is 48.5 Å². The van der Waals surface area contributed by atoms with E-state index in [1.54, 1.807) is 48.5 Å². The van der Waals surface area contributed by atoms with Gasteiger partial charge in [0.05, 0.1) is 6.10 Å². The van der Waals surface area contributed by atoms with Crippen LogP contribution in [0.2, 0.25) is 5.02 Å². The molecule has 0 radical (unpaired) electrons. The summed E-state index contributed by atoms with van der Waals surface area (Å²) in [5, 5.41) is 0.535. The number of carbonyl (C=O) groups excluding carboxylic acids is 2. The number of carbonyl (C=O) groups is 2. The van der Waals surface area contributed by atoms with Gasteiger partial charge in [-0.3, -0.25) is 20.4 Å². The fraction of sp³-hybridized carbons (Fsp3) is 0.263. The molecule has 1 fully saturated rings. The Hall–Kier alpha value is -2.57. The first-order chi connectivity index (χ1) is 12.6. The van der Waals surface area contributed by atoms with Crippen molar-refractivity contribution in [1.82, 2.24) is 10.9 Å². The van der Waals surface area contributed by atoms with Gasteiger partial charge in [0, 0.05) is 22.8 Å². The molecule has 2 aromatic rings. The van der Waals surface area contributed by atoms with E-state index in [4.69, 9.17) is 21.1 Å². The van der Waals surface area contributed by atoms with Gasteiger partial charge in [-0.05, 0) is 61.4 Å². The predicted molar refractivity (Wildman–Crippen MR) is 97.3 cm³/mol. The van der Waals surface area contributed by atoms with Crippen LogP contribution in [0, 0.1) is 0 Å². The lowest BCUT2D eigenvalue weighted by atomic mass is 10.2. The van der Waals surface area contributed by atoms with E-state index in [1.165, 1.54) is 0 Å². The first kappa shape index (κ1) is 18.2. The molecule has 3 rings (SSSR count). The summed E-state index contributed by atoms with van der Waals surface area (Å²) in [7, 11) is 0. The third-order valence-corrected chi connectivity index (χ3v) is 4.22. The van der Waals surface area contributed by atoms with Gasteiger partial charge >= 0.3 is 0 Å². The van der Waals surface area contributed by atoms with E-state index in [0.29, 0.717) is 28.5 Å². The third kappa shape index (κ3) is 4.97. The Bertz CT molecular complexity index is 756. The molecule has 0 saturated carbocycles. The standard InChI is InChI=1S/C19H19ClN2O4/c20-15-7-3-13(4-8-15)18(23)21-22-19(24)14-5-9-16(10-6-14)26-12-17-2-1-11-25-17/h3-10,17H,1-2,11-12H2,(H,21,23)(H,22,24)/t17-/m0/s1. The summed E-state index contributed by atoms with van der Waals surface area (Å²) < 4.78 is 11.2. The maximum Gasteiger partial charge on any atom is 0.269 e. The second kappa shape index (κ2) is 8.69. The SMILES string of the molecule is O=C(NNC(=O)c1ccc(OC[C@@H]2CCCO2)cc1)c1ccc(Cl)cc1. The summed E-state index contributed by atoms with van der Waals surface area (Å²) >= 11 is 5.78. The highest BCUT2D eigenvalue weighted by molar-refractivity contribution is 6.30. The van der Waals surface area contributed by atoms with Crippen molar-refractivity contribution in [1.29, 1.82) is 0 Å². The van der Waals surface area contributed by atoms with Gasteiger partial charge in [-0.25, -0.2) is 0 Å². The highest BCUT2D eigenvalue weighted by atomic mass is 35.5. The molecule has 0 spiro atoms. The molecule has 0 unspecified atom stereocenters. The van der Waals surface area contributed by atoms with Crippen LogP contribution in [0.5, 0.6) is 5.75 Å². The van der Waals surface area contributed by atoms with Crippen LogP contribution >= 0.6 is 11.6 Å². The quantitative estimate of drug-likeness (QED) is 0.789. The van der Waals surface area contributed by atoms with E-state index in [-0.39, 0.29) is 6.10 Å². The number of hydrogen-bond acceptors (Lipinski definition) is 4. The minimum absolute atomic E-state index is 0.140. The first-order valence-electron chi connectivity index (χ1n) is 8.32. The van der Waals surface area contributed by atoms with Crippen molar-refractivity contribution < 1.29 is 19.1 Å². The van der Waals surface area contributed by atoms with Gasteiger partial charge < -0.3 is 9.47 Å². The maximum atomic E-state index is 12.1. The van der Waals surface area contributed by atoms with Crippen LogP contribution in [0.4, 0.5) is 0 Å². The smallest absolute Gasteiger partial charge is 0.269 e. The largest absolute Gasteiger partial charge is 0.491 e. The van der Waals surface area contributed by atoms with Crippen LogP contribution < -0.4 is 15.6 Å². The molecule has 2 amide bonds. The van der Waals surface area contributed by atoms with Gasteiger partial charge in [0.25, 0.3) is 11.8 Å². The molecule has 26 heavy (non-hydrogen) atoms. The van der Waals surface area contributed by atoms with Gasteiger partial charge in [0.1, 0.15) is 12.4 Å². The van der Waals surface area contributed by atoms with Gasteiger partial charge in [0.15, 0.2) is 0 Å². The topological polar surface area (TPSA) is 76.7 Å². The van der Waals surface area contributed by atoms with E-state index in [9.17, 15) is 9.59 Å². The van der Waals surface area contributed by atoms with Crippen LogP contribution in [-0.2, 0) is 4.74 Å². The number of rotatable bonds is 5. The molecule has 1 aliphatic rings. The van der Waals surface area contributed by atoms with E-state index < -0.39 is 11.8 Å². The summed E-state index contributed by atoms with van der Waals surface area (Å²) in [4.78, 5) is 24.1. The minimum Gasteiger partial charge on any atom is -0.491 e. The molecule has 1 atom stereocenters. The number of benzene rings is 2. The Morgan fingerprint density at radius 3 is 2.12 bits per heavy atom. The number of hydrogen-bond donors (Lipinski definition) is 2. The summed E-state index contributed by atoms with van der Waals surface area (Å²) in [5.41, 5.74) is 5.54. The molecular formula is C19H19ClN2O4. The van der Waals surface area contributed by atoms with Gasteiger partial charge in [-0.1, -0.05) is 11.6 Å². The predicted octanol–water partition coefficient (Wildman–Crippen LogP) is 2.97. The minimum atomic E-state index is -0.425. The fourth-order valence-electron chi connectivity index (χ4n) is 2.53. The lowest BCUT2D eigenvalue weighted by Gasteiger charge is -2.12. The van der Waals surface area contributed by atoms with Gasteiger partial charge in [-0.15, -0.1) is 0 Å². The molecule has 0 aromatic heterocycles. The number of ether oxygens (including phenoxy) is 2.